The number of benzene rings is 2. The highest BCUT2D eigenvalue weighted by Gasteiger charge is 2.03. The van der Waals surface area contributed by atoms with Crippen LogP contribution in [0.4, 0.5) is 11.6 Å². The van der Waals surface area contributed by atoms with Gasteiger partial charge in [-0.25, -0.2) is 9.97 Å². The fraction of sp³-hybridized carbons (Fsp3) is 0.111. The second-order valence-corrected chi connectivity index (χ2v) is 4.85. The molecule has 0 aliphatic heterocycles. The molecule has 2 aromatic carbocycles. The maximum absolute atomic E-state index is 5.17. The fourth-order valence-corrected chi connectivity index (χ4v) is 2.14. The molecule has 0 aliphatic carbocycles. The van der Waals surface area contributed by atoms with E-state index in [1.165, 1.54) is 0 Å². The van der Waals surface area contributed by atoms with Gasteiger partial charge in [-0.15, -0.1) is 0 Å². The average molecular weight is 307 g/mol. The van der Waals surface area contributed by atoms with Crippen molar-refractivity contribution in [3.05, 3.63) is 60.8 Å². The van der Waals surface area contributed by atoms with Crippen molar-refractivity contribution in [1.29, 1.82) is 0 Å². The van der Waals surface area contributed by atoms with E-state index < -0.39 is 0 Å². The molecular weight excluding hydrogens is 290 g/mol. The lowest BCUT2D eigenvalue weighted by atomic mass is 10.1. The Bertz CT molecular complexity index is 771. The van der Waals surface area contributed by atoms with Crippen LogP contribution in [-0.4, -0.2) is 24.2 Å². The van der Waals surface area contributed by atoms with Crippen molar-refractivity contribution in [2.75, 3.05) is 19.5 Å². The van der Waals surface area contributed by atoms with Gasteiger partial charge in [-0.3, -0.25) is 0 Å². The van der Waals surface area contributed by atoms with Gasteiger partial charge in [-0.05, 0) is 54.6 Å². The molecule has 1 aromatic heterocycles. The molecule has 0 unspecified atom stereocenters. The number of anilines is 2. The van der Waals surface area contributed by atoms with Crippen LogP contribution in [0.2, 0.25) is 0 Å². The van der Waals surface area contributed by atoms with E-state index in [1.54, 1.807) is 20.4 Å². The van der Waals surface area contributed by atoms with Crippen LogP contribution in [0.1, 0.15) is 0 Å². The summed E-state index contributed by atoms with van der Waals surface area (Å²) >= 11 is 0. The number of nitrogens with zero attached hydrogens (tertiary/aromatic N) is 2. The predicted molar refractivity (Wildman–Crippen MR) is 90.3 cm³/mol. The van der Waals surface area contributed by atoms with E-state index in [2.05, 4.69) is 15.3 Å². The average Bonchev–Trinajstić information content (AvgIpc) is 2.63. The molecule has 23 heavy (non-hydrogen) atoms. The molecule has 0 atom stereocenters. The van der Waals surface area contributed by atoms with Gasteiger partial charge in [0.05, 0.1) is 19.9 Å². The van der Waals surface area contributed by atoms with Crippen molar-refractivity contribution in [2.45, 2.75) is 0 Å². The molecule has 1 N–H and O–H groups in total. The summed E-state index contributed by atoms with van der Waals surface area (Å²) in [6, 6.07) is 17.2. The summed E-state index contributed by atoms with van der Waals surface area (Å²) in [5.41, 5.74) is 2.75. The van der Waals surface area contributed by atoms with Crippen LogP contribution in [0.5, 0.6) is 11.5 Å². The number of nitrogens with one attached hydrogen (secondary N) is 1. The van der Waals surface area contributed by atoms with Gasteiger partial charge in [-0.2, -0.15) is 0 Å². The van der Waals surface area contributed by atoms with E-state index in [-0.39, 0.29) is 0 Å². The monoisotopic (exact) mass is 307 g/mol. The van der Waals surface area contributed by atoms with Crippen LogP contribution in [0, 0.1) is 0 Å². The molecule has 116 valence electrons. The van der Waals surface area contributed by atoms with Gasteiger partial charge in [0.15, 0.2) is 0 Å². The maximum atomic E-state index is 5.17. The summed E-state index contributed by atoms with van der Waals surface area (Å²) in [5, 5.41) is 3.19. The second kappa shape index (κ2) is 6.79. The van der Waals surface area contributed by atoms with Crippen molar-refractivity contribution < 1.29 is 9.47 Å². The lowest BCUT2D eigenvalue weighted by Crippen LogP contribution is -1.98. The molecule has 0 spiro atoms. The van der Waals surface area contributed by atoms with Crippen LogP contribution < -0.4 is 14.8 Å². The van der Waals surface area contributed by atoms with E-state index in [0.29, 0.717) is 5.95 Å². The Kier molecular flexibility index (Phi) is 4.38. The van der Waals surface area contributed by atoms with Gasteiger partial charge in [0, 0.05) is 17.4 Å². The summed E-state index contributed by atoms with van der Waals surface area (Å²) in [7, 11) is 3.29. The minimum atomic E-state index is 0.545. The quantitative estimate of drug-likeness (QED) is 0.774. The Hall–Kier alpha value is -3.08. The summed E-state index contributed by atoms with van der Waals surface area (Å²) in [5.74, 6) is 2.17. The number of rotatable bonds is 5. The number of methoxy groups -OCH3 is 2. The normalized spacial score (nSPS) is 10.2. The van der Waals surface area contributed by atoms with Gasteiger partial charge in [0.25, 0.3) is 0 Å². The summed E-state index contributed by atoms with van der Waals surface area (Å²) < 4.78 is 10.3. The van der Waals surface area contributed by atoms with E-state index in [4.69, 9.17) is 9.47 Å². The van der Waals surface area contributed by atoms with Gasteiger partial charge in [0.1, 0.15) is 11.5 Å². The first-order valence-corrected chi connectivity index (χ1v) is 7.17. The first kappa shape index (κ1) is 14.8. The SMILES string of the molecule is COc1ccc(Nc2nccc(-c3ccc(OC)cc3)n2)cc1. The molecule has 0 radical (unpaired) electrons. The summed E-state index contributed by atoms with van der Waals surface area (Å²) in [6.07, 6.45) is 1.73. The summed E-state index contributed by atoms with van der Waals surface area (Å²) in [4.78, 5) is 8.80. The fourth-order valence-electron chi connectivity index (χ4n) is 2.14. The van der Waals surface area contributed by atoms with Crippen LogP contribution in [-0.2, 0) is 0 Å². The third-order valence-electron chi connectivity index (χ3n) is 3.39. The standard InChI is InChI=1S/C18H17N3O2/c1-22-15-7-3-13(4-8-15)17-11-12-19-18(21-17)20-14-5-9-16(23-2)10-6-14/h3-12H,1-2H3,(H,19,20,21). The van der Waals surface area contributed by atoms with Crippen molar-refractivity contribution in [3.63, 3.8) is 0 Å². The van der Waals surface area contributed by atoms with Gasteiger partial charge >= 0.3 is 0 Å². The molecule has 1 heterocycles. The lowest BCUT2D eigenvalue weighted by Gasteiger charge is -2.08. The topological polar surface area (TPSA) is 56.3 Å². The number of hydrogen-bond donors (Lipinski definition) is 1. The van der Waals surface area contributed by atoms with E-state index in [9.17, 15) is 0 Å². The van der Waals surface area contributed by atoms with E-state index in [0.717, 1.165) is 28.4 Å². The van der Waals surface area contributed by atoms with Crippen LogP contribution >= 0.6 is 0 Å². The molecule has 3 aromatic rings. The first-order valence-electron chi connectivity index (χ1n) is 7.17. The van der Waals surface area contributed by atoms with Gasteiger partial charge < -0.3 is 14.8 Å². The predicted octanol–water partition coefficient (Wildman–Crippen LogP) is 3.90. The molecule has 5 nitrogen and oxygen atoms in total. The third-order valence-corrected chi connectivity index (χ3v) is 3.39. The molecule has 5 heteroatoms. The largest absolute Gasteiger partial charge is 0.497 e. The number of aromatic nitrogens is 2. The Morgan fingerprint density at radius 1 is 0.783 bits per heavy atom. The van der Waals surface area contributed by atoms with Crippen LogP contribution in [0.3, 0.4) is 0 Å². The van der Waals surface area contributed by atoms with Gasteiger partial charge in [-0.1, -0.05) is 0 Å². The minimum Gasteiger partial charge on any atom is -0.497 e. The van der Waals surface area contributed by atoms with Gasteiger partial charge in [0.2, 0.25) is 5.95 Å². The molecule has 0 amide bonds. The molecule has 0 saturated carbocycles. The lowest BCUT2D eigenvalue weighted by molar-refractivity contribution is 0.415. The Balaban J connectivity index is 1.80. The number of ether oxygens (including phenoxy) is 2. The van der Waals surface area contributed by atoms with Crippen LogP contribution in [0.25, 0.3) is 11.3 Å². The highest BCUT2D eigenvalue weighted by atomic mass is 16.5. The molecule has 0 saturated heterocycles. The minimum absolute atomic E-state index is 0.545. The van der Waals surface area contributed by atoms with Crippen molar-refractivity contribution in [3.8, 4) is 22.8 Å². The van der Waals surface area contributed by atoms with E-state index in [1.807, 2.05) is 54.6 Å². The molecule has 0 aliphatic rings. The molecule has 0 bridgehead atoms. The zero-order chi connectivity index (χ0) is 16.1. The Morgan fingerprint density at radius 3 is 2.00 bits per heavy atom. The van der Waals surface area contributed by atoms with Crippen molar-refractivity contribution in [1.82, 2.24) is 9.97 Å². The molecular formula is C18H17N3O2. The number of hydrogen-bond acceptors (Lipinski definition) is 5. The molecule has 3 rings (SSSR count). The maximum Gasteiger partial charge on any atom is 0.227 e. The van der Waals surface area contributed by atoms with Crippen molar-refractivity contribution >= 4 is 11.6 Å². The molecule has 0 fully saturated rings. The Labute approximate surface area is 134 Å². The van der Waals surface area contributed by atoms with Crippen LogP contribution in [0.15, 0.2) is 60.8 Å². The van der Waals surface area contributed by atoms with E-state index >= 15 is 0 Å². The highest BCUT2D eigenvalue weighted by molar-refractivity contribution is 5.62. The highest BCUT2D eigenvalue weighted by Crippen LogP contribution is 2.22. The Morgan fingerprint density at radius 2 is 1.39 bits per heavy atom. The third kappa shape index (κ3) is 3.58. The first-order chi connectivity index (χ1) is 11.3. The second-order valence-electron chi connectivity index (χ2n) is 4.85. The zero-order valence-electron chi connectivity index (χ0n) is 13.0. The summed E-state index contributed by atoms with van der Waals surface area (Å²) in [6.45, 7) is 0. The zero-order valence-corrected chi connectivity index (χ0v) is 13.0. The smallest absolute Gasteiger partial charge is 0.227 e. The van der Waals surface area contributed by atoms with Crippen molar-refractivity contribution in [2.24, 2.45) is 0 Å².